The Morgan fingerprint density at radius 3 is 2.23 bits per heavy atom. The number of nitrogens with zero attached hydrogens (tertiary/aromatic N) is 1. The molecule has 0 N–H and O–H groups in total. The van der Waals surface area contributed by atoms with Crippen molar-refractivity contribution in [2.75, 3.05) is 13.2 Å². The van der Waals surface area contributed by atoms with Crippen molar-refractivity contribution in [3.63, 3.8) is 0 Å². The maximum atomic E-state index is 12.6. The van der Waals surface area contributed by atoms with Crippen molar-refractivity contribution in [3.8, 4) is 11.1 Å². The van der Waals surface area contributed by atoms with Gasteiger partial charge in [-0.25, -0.2) is 4.79 Å². The molecule has 4 rings (SSSR count). The van der Waals surface area contributed by atoms with Crippen LogP contribution in [0.2, 0.25) is 0 Å². The summed E-state index contributed by atoms with van der Waals surface area (Å²) in [5.74, 6) is 0.0151. The van der Waals surface area contributed by atoms with Gasteiger partial charge in [-0.2, -0.15) is 0 Å². The van der Waals surface area contributed by atoms with Gasteiger partial charge in [-0.15, -0.1) is 0 Å². The third kappa shape index (κ3) is 2.99. The zero-order valence-electron chi connectivity index (χ0n) is 14.4. The molecule has 1 aliphatic heterocycles. The van der Waals surface area contributed by atoms with Gasteiger partial charge in [0.25, 0.3) is 0 Å². The van der Waals surface area contributed by atoms with E-state index in [4.69, 9.17) is 16.3 Å². The number of halogens is 1. The van der Waals surface area contributed by atoms with E-state index < -0.39 is 17.4 Å². The number of carbonyl (C=O) groups is 2. The first-order valence-electron chi connectivity index (χ1n) is 8.98. The Balaban J connectivity index is 1.53. The van der Waals surface area contributed by atoms with Crippen LogP contribution in [0.25, 0.3) is 11.1 Å². The van der Waals surface area contributed by atoms with E-state index in [1.165, 1.54) is 27.2 Å². The van der Waals surface area contributed by atoms with Gasteiger partial charge >= 0.3 is 6.09 Å². The molecule has 1 saturated heterocycles. The molecule has 26 heavy (non-hydrogen) atoms. The summed E-state index contributed by atoms with van der Waals surface area (Å²) in [6.45, 7) is 0.770. The number of likely N-dealkylation sites (tertiary alicyclic amines) is 1. The Labute approximate surface area is 157 Å². The molecule has 134 valence electrons. The molecule has 0 spiro atoms. The molecular formula is C21H20ClNO3. The lowest BCUT2D eigenvalue weighted by Gasteiger charge is -2.32. The molecular weight excluding hydrogens is 350 g/mol. The Morgan fingerprint density at radius 1 is 1.00 bits per heavy atom. The normalized spacial score (nSPS) is 19.0. The average molecular weight is 370 g/mol. The summed E-state index contributed by atoms with van der Waals surface area (Å²) in [4.78, 5) is 25.7. The van der Waals surface area contributed by atoms with E-state index in [9.17, 15) is 9.59 Å². The van der Waals surface area contributed by atoms with Gasteiger partial charge in [0, 0.05) is 12.5 Å². The number of rotatable bonds is 3. The topological polar surface area (TPSA) is 46.6 Å². The van der Waals surface area contributed by atoms with E-state index in [0.717, 1.165) is 12.8 Å². The van der Waals surface area contributed by atoms with Crippen LogP contribution in [0.3, 0.4) is 0 Å². The van der Waals surface area contributed by atoms with Crippen LogP contribution in [0.5, 0.6) is 0 Å². The van der Waals surface area contributed by atoms with Crippen LogP contribution in [0.1, 0.15) is 36.3 Å². The SMILES string of the molecule is O=C(Cl)C1CCCCN1C(=O)OCC1c2ccccc2-c2ccccc21. The highest BCUT2D eigenvalue weighted by atomic mass is 35.5. The Kier molecular flexibility index (Phi) is 4.68. The first kappa shape index (κ1) is 17.1. The summed E-state index contributed by atoms with van der Waals surface area (Å²) < 4.78 is 5.64. The predicted molar refractivity (Wildman–Crippen MR) is 100 cm³/mol. The van der Waals surface area contributed by atoms with Crippen molar-refractivity contribution >= 4 is 22.9 Å². The van der Waals surface area contributed by atoms with Crippen LogP contribution in [-0.2, 0) is 9.53 Å². The van der Waals surface area contributed by atoms with Crippen LogP contribution in [-0.4, -0.2) is 35.4 Å². The molecule has 1 atom stereocenters. The second-order valence-electron chi connectivity index (χ2n) is 6.81. The van der Waals surface area contributed by atoms with Gasteiger partial charge < -0.3 is 4.74 Å². The van der Waals surface area contributed by atoms with Gasteiger partial charge in [-0.1, -0.05) is 48.5 Å². The van der Waals surface area contributed by atoms with E-state index in [0.29, 0.717) is 13.0 Å². The molecule has 2 aromatic rings. The minimum absolute atomic E-state index is 0.0151. The minimum Gasteiger partial charge on any atom is -0.448 e. The lowest BCUT2D eigenvalue weighted by atomic mass is 9.98. The Morgan fingerprint density at radius 2 is 1.62 bits per heavy atom. The molecule has 1 heterocycles. The minimum atomic E-state index is -0.568. The van der Waals surface area contributed by atoms with Crippen molar-refractivity contribution < 1.29 is 14.3 Å². The molecule has 5 heteroatoms. The van der Waals surface area contributed by atoms with Crippen molar-refractivity contribution in [2.45, 2.75) is 31.2 Å². The van der Waals surface area contributed by atoms with Gasteiger partial charge in [0.2, 0.25) is 5.24 Å². The molecule has 0 bridgehead atoms. The zero-order valence-corrected chi connectivity index (χ0v) is 15.1. The third-order valence-corrected chi connectivity index (χ3v) is 5.59. The zero-order chi connectivity index (χ0) is 18.1. The Hall–Kier alpha value is -2.33. The lowest BCUT2D eigenvalue weighted by molar-refractivity contribution is -0.117. The van der Waals surface area contributed by atoms with Crippen LogP contribution in [0.15, 0.2) is 48.5 Å². The highest BCUT2D eigenvalue weighted by Crippen LogP contribution is 2.44. The average Bonchev–Trinajstić information content (AvgIpc) is 3.00. The fourth-order valence-electron chi connectivity index (χ4n) is 4.06. The highest BCUT2D eigenvalue weighted by molar-refractivity contribution is 6.64. The lowest BCUT2D eigenvalue weighted by Crippen LogP contribution is -2.47. The van der Waals surface area contributed by atoms with Gasteiger partial charge in [0.1, 0.15) is 12.6 Å². The van der Waals surface area contributed by atoms with E-state index >= 15 is 0 Å². The fourth-order valence-corrected chi connectivity index (χ4v) is 4.29. The van der Waals surface area contributed by atoms with Gasteiger partial charge in [-0.3, -0.25) is 9.69 Å². The first-order chi connectivity index (χ1) is 12.7. The monoisotopic (exact) mass is 369 g/mol. The molecule has 4 nitrogen and oxygen atoms in total. The largest absolute Gasteiger partial charge is 0.448 e. The maximum absolute atomic E-state index is 12.6. The molecule has 1 amide bonds. The standard InChI is InChI=1S/C21H20ClNO3/c22-20(24)19-11-5-6-12-23(19)21(25)26-13-18-16-9-3-1-7-14(16)15-8-2-4-10-17(15)18/h1-4,7-10,18-19H,5-6,11-13H2. The summed E-state index contributed by atoms with van der Waals surface area (Å²) >= 11 is 5.67. The highest BCUT2D eigenvalue weighted by Gasteiger charge is 2.34. The van der Waals surface area contributed by atoms with Gasteiger partial charge in [0.05, 0.1) is 0 Å². The smallest absolute Gasteiger partial charge is 0.410 e. The molecule has 0 saturated carbocycles. The molecule has 1 aliphatic carbocycles. The second-order valence-corrected chi connectivity index (χ2v) is 7.19. The number of benzene rings is 2. The quantitative estimate of drug-likeness (QED) is 0.745. The van der Waals surface area contributed by atoms with E-state index in [-0.39, 0.29) is 12.5 Å². The first-order valence-corrected chi connectivity index (χ1v) is 9.35. The van der Waals surface area contributed by atoms with E-state index in [1.807, 2.05) is 24.3 Å². The Bertz CT molecular complexity index is 805. The molecule has 0 aromatic heterocycles. The third-order valence-electron chi connectivity index (χ3n) is 5.34. The summed E-state index contributed by atoms with van der Waals surface area (Å²) in [5.41, 5.74) is 4.72. The summed E-state index contributed by atoms with van der Waals surface area (Å²) in [7, 11) is 0. The molecule has 0 radical (unpaired) electrons. The fraction of sp³-hybridized carbons (Fsp3) is 0.333. The van der Waals surface area contributed by atoms with Crippen molar-refractivity contribution in [2.24, 2.45) is 0 Å². The number of piperidine rings is 1. The van der Waals surface area contributed by atoms with Crippen LogP contribution in [0.4, 0.5) is 4.79 Å². The van der Waals surface area contributed by atoms with E-state index in [1.54, 1.807) is 0 Å². The second kappa shape index (κ2) is 7.12. The van der Waals surface area contributed by atoms with Crippen LogP contribution >= 0.6 is 11.6 Å². The predicted octanol–water partition coefficient (Wildman–Crippen LogP) is 4.56. The maximum Gasteiger partial charge on any atom is 0.410 e. The number of fused-ring (bicyclic) bond motifs is 3. The number of ether oxygens (including phenoxy) is 1. The molecule has 1 unspecified atom stereocenters. The van der Waals surface area contributed by atoms with Crippen molar-refractivity contribution in [1.82, 2.24) is 4.90 Å². The van der Waals surface area contributed by atoms with Gasteiger partial charge in [-0.05, 0) is 53.1 Å². The number of amides is 1. The van der Waals surface area contributed by atoms with Crippen LogP contribution in [0, 0.1) is 0 Å². The number of carbonyl (C=O) groups excluding carboxylic acids is 2. The van der Waals surface area contributed by atoms with Crippen molar-refractivity contribution in [1.29, 1.82) is 0 Å². The van der Waals surface area contributed by atoms with Crippen molar-refractivity contribution in [3.05, 3.63) is 59.7 Å². The van der Waals surface area contributed by atoms with Crippen LogP contribution < -0.4 is 0 Å². The summed E-state index contributed by atoms with van der Waals surface area (Å²) in [6, 6.07) is 15.9. The summed E-state index contributed by atoms with van der Waals surface area (Å²) in [5, 5.41) is -0.488. The van der Waals surface area contributed by atoms with Gasteiger partial charge in [0.15, 0.2) is 0 Å². The number of hydrogen-bond donors (Lipinski definition) is 0. The summed E-state index contributed by atoms with van der Waals surface area (Å²) in [6.07, 6.45) is 1.92. The molecule has 2 aromatic carbocycles. The molecule has 2 aliphatic rings. The molecule has 1 fully saturated rings. The number of hydrogen-bond acceptors (Lipinski definition) is 3. The van der Waals surface area contributed by atoms with E-state index in [2.05, 4.69) is 24.3 Å².